The van der Waals surface area contributed by atoms with Crippen LogP contribution in [0.5, 0.6) is 0 Å². The van der Waals surface area contributed by atoms with Gasteiger partial charge in [-0.15, -0.1) is 0 Å². The van der Waals surface area contributed by atoms with E-state index in [1.807, 2.05) is 11.7 Å². The molecule has 1 saturated carbocycles. The van der Waals surface area contributed by atoms with E-state index in [1.165, 1.54) is 32.1 Å². The van der Waals surface area contributed by atoms with Gasteiger partial charge in [-0.05, 0) is 24.7 Å². The van der Waals surface area contributed by atoms with Gasteiger partial charge in [0.1, 0.15) is 5.82 Å². The van der Waals surface area contributed by atoms with E-state index in [0.717, 1.165) is 30.2 Å². The van der Waals surface area contributed by atoms with Gasteiger partial charge in [0.2, 0.25) is 0 Å². The number of hydrogen-bond acceptors (Lipinski definition) is 3. The number of aromatic nitrogens is 2. The summed E-state index contributed by atoms with van der Waals surface area (Å²) in [6.07, 6.45) is 7.64. The maximum atomic E-state index is 6.13. The number of hydrogen-bond donors (Lipinski definition) is 2. The molecule has 3 N–H and O–H groups in total. The van der Waals surface area contributed by atoms with Crippen LogP contribution in [0.25, 0.3) is 0 Å². The fraction of sp³-hybridized carbons (Fsp3) is 0.786. The molecular weight excluding hydrogens is 224 g/mol. The van der Waals surface area contributed by atoms with Crippen LogP contribution in [-0.4, -0.2) is 16.3 Å². The summed E-state index contributed by atoms with van der Waals surface area (Å²) in [6, 6.07) is 0. The Morgan fingerprint density at radius 2 is 2.00 bits per heavy atom. The zero-order valence-electron chi connectivity index (χ0n) is 11.9. The highest BCUT2D eigenvalue weighted by Crippen LogP contribution is 2.36. The van der Waals surface area contributed by atoms with Gasteiger partial charge in [0.05, 0.1) is 11.4 Å². The third kappa shape index (κ3) is 2.62. The van der Waals surface area contributed by atoms with Gasteiger partial charge < -0.3 is 11.1 Å². The van der Waals surface area contributed by atoms with Gasteiger partial charge in [-0.3, -0.25) is 4.68 Å². The molecule has 0 spiro atoms. The number of rotatable bonds is 4. The number of aryl methyl sites for hydroxylation is 2. The number of nitrogen functional groups attached to an aromatic ring is 1. The molecule has 1 fully saturated rings. The Bertz CT molecular complexity index is 402. The van der Waals surface area contributed by atoms with Crippen molar-refractivity contribution in [3.8, 4) is 0 Å². The smallest absolute Gasteiger partial charge is 0.147 e. The van der Waals surface area contributed by atoms with Crippen molar-refractivity contribution < 1.29 is 0 Å². The molecule has 2 rings (SSSR count). The van der Waals surface area contributed by atoms with Crippen LogP contribution in [-0.2, 0) is 13.5 Å². The largest absolute Gasteiger partial charge is 0.394 e. The highest BCUT2D eigenvalue weighted by molar-refractivity contribution is 5.65. The van der Waals surface area contributed by atoms with Crippen LogP contribution in [0.4, 0.5) is 11.5 Å². The molecular formula is C14H26N4. The van der Waals surface area contributed by atoms with E-state index < -0.39 is 0 Å². The third-order valence-corrected chi connectivity index (χ3v) is 4.24. The van der Waals surface area contributed by atoms with E-state index in [2.05, 4.69) is 24.3 Å². The summed E-state index contributed by atoms with van der Waals surface area (Å²) < 4.78 is 1.88. The Kier molecular flexibility index (Phi) is 3.83. The Morgan fingerprint density at radius 1 is 1.33 bits per heavy atom. The highest BCUT2D eigenvalue weighted by Gasteiger charge is 2.27. The zero-order chi connectivity index (χ0) is 13.2. The Hall–Kier alpha value is -1.19. The molecule has 1 aliphatic carbocycles. The van der Waals surface area contributed by atoms with Crippen LogP contribution in [0.3, 0.4) is 0 Å². The molecule has 0 amide bonds. The highest BCUT2D eigenvalue weighted by atomic mass is 15.3. The lowest BCUT2D eigenvalue weighted by atomic mass is 9.76. The van der Waals surface area contributed by atoms with Gasteiger partial charge in [-0.2, -0.15) is 5.10 Å². The van der Waals surface area contributed by atoms with E-state index in [1.54, 1.807) is 0 Å². The van der Waals surface area contributed by atoms with E-state index in [0.29, 0.717) is 5.41 Å². The Labute approximate surface area is 110 Å². The average Bonchev–Trinajstić information content (AvgIpc) is 2.63. The molecule has 0 aliphatic heterocycles. The van der Waals surface area contributed by atoms with E-state index in [4.69, 9.17) is 5.73 Å². The van der Waals surface area contributed by atoms with Crippen molar-refractivity contribution >= 4 is 11.5 Å². The Balaban J connectivity index is 2.03. The van der Waals surface area contributed by atoms with Gasteiger partial charge in [-0.1, -0.05) is 33.1 Å². The lowest BCUT2D eigenvalue weighted by Gasteiger charge is -2.34. The normalized spacial score (nSPS) is 18.8. The predicted molar refractivity (Wildman–Crippen MR) is 76.7 cm³/mol. The molecule has 1 aliphatic rings. The first-order chi connectivity index (χ1) is 8.56. The quantitative estimate of drug-likeness (QED) is 0.864. The SMILES string of the molecule is CCc1nn(C)c(NCC2(C)CCCCC2)c1N. The first-order valence-electron chi connectivity index (χ1n) is 7.11. The zero-order valence-corrected chi connectivity index (χ0v) is 11.9. The van der Waals surface area contributed by atoms with Crippen molar-refractivity contribution in [1.82, 2.24) is 9.78 Å². The molecule has 1 aromatic rings. The second-order valence-corrected chi connectivity index (χ2v) is 5.91. The number of anilines is 2. The summed E-state index contributed by atoms with van der Waals surface area (Å²) >= 11 is 0. The van der Waals surface area contributed by atoms with Crippen molar-refractivity contribution in [2.75, 3.05) is 17.6 Å². The molecule has 1 heterocycles. The molecule has 0 bridgehead atoms. The van der Waals surface area contributed by atoms with Crippen molar-refractivity contribution in [1.29, 1.82) is 0 Å². The monoisotopic (exact) mass is 250 g/mol. The molecule has 0 radical (unpaired) electrons. The second-order valence-electron chi connectivity index (χ2n) is 5.91. The molecule has 4 heteroatoms. The first kappa shape index (κ1) is 13.2. The maximum absolute atomic E-state index is 6.13. The van der Waals surface area contributed by atoms with E-state index in [-0.39, 0.29) is 0 Å². The van der Waals surface area contributed by atoms with Gasteiger partial charge in [0.15, 0.2) is 0 Å². The molecule has 18 heavy (non-hydrogen) atoms. The number of nitrogens with zero attached hydrogens (tertiary/aromatic N) is 2. The van der Waals surface area contributed by atoms with Gasteiger partial charge in [-0.25, -0.2) is 0 Å². The minimum atomic E-state index is 0.418. The summed E-state index contributed by atoms with van der Waals surface area (Å²) in [5.74, 6) is 0.985. The average molecular weight is 250 g/mol. The minimum Gasteiger partial charge on any atom is -0.394 e. The number of nitrogens with one attached hydrogen (secondary N) is 1. The van der Waals surface area contributed by atoms with Gasteiger partial charge in [0, 0.05) is 13.6 Å². The first-order valence-corrected chi connectivity index (χ1v) is 7.11. The van der Waals surface area contributed by atoms with Crippen LogP contribution < -0.4 is 11.1 Å². The van der Waals surface area contributed by atoms with Crippen LogP contribution in [0.2, 0.25) is 0 Å². The van der Waals surface area contributed by atoms with Crippen LogP contribution in [0.1, 0.15) is 51.6 Å². The summed E-state index contributed by atoms with van der Waals surface area (Å²) in [5.41, 5.74) is 8.36. The van der Waals surface area contributed by atoms with Crippen molar-refractivity contribution in [3.63, 3.8) is 0 Å². The topological polar surface area (TPSA) is 55.9 Å². The lowest BCUT2D eigenvalue weighted by Crippen LogP contribution is -2.29. The summed E-state index contributed by atoms with van der Waals surface area (Å²) in [6.45, 7) is 5.47. The molecule has 0 unspecified atom stereocenters. The fourth-order valence-corrected chi connectivity index (χ4v) is 2.95. The Morgan fingerprint density at radius 3 is 2.56 bits per heavy atom. The standard InChI is InChI=1S/C14H26N4/c1-4-11-12(15)13(18(3)17-11)16-10-14(2)8-6-5-7-9-14/h16H,4-10,15H2,1-3H3. The molecule has 0 atom stereocenters. The van der Waals surface area contributed by atoms with Crippen molar-refractivity contribution in [2.24, 2.45) is 12.5 Å². The van der Waals surface area contributed by atoms with Crippen LogP contribution in [0.15, 0.2) is 0 Å². The molecule has 0 aromatic carbocycles. The predicted octanol–water partition coefficient (Wildman–Crippen LogP) is 2.95. The minimum absolute atomic E-state index is 0.418. The van der Waals surface area contributed by atoms with Gasteiger partial charge in [0.25, 0.3) is 0 Å². The van der Waals surface area contributed by atoms with E-state index >= 15 is 0 Å². The summed E-state index contributed by atoms with van der Waals surface area (Å²) in [5, 5.41) is 7.97. The summed E-state index contributed by atoms with van der Waals surface area (Å²) in [4.78, 5) is 0. The number of nitrogens with two attached hydrogens (primary N) is 1. The maximum Gasteiger partial charge on any atom is 0.147 e. The van der Waals surface area contributed by atoms with Gasteiger partial charge >= 0.3 is 0 Å². The fourth-order valence-electron chi connectivity index (χ4n) is 2.95. The van der Waals surface area contributed by atoms with E-state index in [9.17, 15) is 0 Å². The summed E-state index contributed by atoms with van der Waals surface area (Å²) in [7, 11) is 1.96. The molecule has 4 nitrogen and oxygen atoms in total. The molecule has 0 saturated heterocycles. The van der Waals surface area contributed by atoms with Crippen LogP contribution in [0, 0.1) is 5.41 Å². The third-order valence-electron chi connectivity index (χ3n) is 4.24. The van der Waals surface area contributed by atoms with Crippen molar-refractivity contribution in [2.45, 2.75) is 52.4 Å². The molecule has 1 aromatic heterocycles. The van der Waals surface area contributed by atoms with Crippen LogP contribution >= 0.6 is 0 Å². The molecule has 102 valence electrons. The lowest BCUT2D eigenvalue weighted by molar-refractivity contribution is 0.233. The second kappa shape index (κ2) is 5.21. The van der Waals surface area contributed by atoms with Crippen molar-refractivity contribution in [3.05, 3.63) is 5.69 Å².